The largest absolute Gasteiger partial charge is 0.302 e. The van der Waals surface area contributed by atoms with E-state index in [1.165, 1.54) is 9.88 Å². The average molecular weight is 307 g/mol. The van der Waals surface area contributed by atoms with Crippen molar-refractivity contribution >= 4 is 16.3 Å². The van der Waals surface area contributed by atoms with E-state index in [0.717, 1.165) is 12.0 Å². The number of hydrogen-bond donors (Lipinski definition) is 0. The highest BCUT2D eigenvalue weighted by Crippen LogP contribution is 2.36. The molecule has 0 aliphatic heterocycles. The third-order valence-electron chi connectivity index (χ3n) is 3.83. The zero-order valence-corrected chi connectivity index (χ0v) is 13.4. The first-order chi connectivity index (χ1) is 9.86. The first-order valence-corrected chi connectivity index (χ1v) is 8.53. The predicted molar refractivity (Wildman–Crippen MR) is 82.5 cm³/mol. The minimum Gasteiger partial charge on any atom is -0.302 e. The van der Waals surface area contributed by atoms with Crippen molar-refractivity contribution < 1.29 is 13.2 Å². The van der Waals surface area contributed by atoms with Gasteiger partial charge in [0.1, 0.15) is 6.29 Å². The van der Waals surface area contributed by atoms with Gasteiger partial charge in [0.15, 0.2) is 0 Å². The molecule has 21 heavy (non-hydrogen) atoms. The molecular weight excluding hydrogens is 286 g/mol. The van der Waals surface area contributed by atoms with Crippen molar-refractivity contribution in [1.29, 1.82) is 0 Å². The number of nitrogens with zero attached hydrogens (tertiary/aromatic N) is 1. The number of benzene rings is 1. The molecule has 2 atom stereocenters. The number of hydrogen-bond acceptors (Lipinski definition) is 3. The Morgan fingerprint density at radius 3 is 2.38 bits per heavy atom. The SMILES string of the molecule is Cc1ccc(S(=O)(=O)N(C/C=C2/C[C@@H]2C)[C@@H](C)C=O)cc1. The summed E-state index contributed by atoms with van der Waals surface area (Å²) in [5, 5.41) is 0. The van der Waals surface area contributed by atoms with E-state index in [4.69, 9.17) is 0 Å². The maximum absolute atomic E-state index is 12.7. The Morgan fingerprint density at radius 1 is 1.33 bits per heavy atom. The van der Waals surface area contributed by atoms with Gasteiger partial charge in [-0.25, -0.2) is 8.42 Å². The van der Waals surface area contributed by atoms with Crippen LogP contribution < -0.4 is 0 Å². The summed E-state index contributed by atoms with van der Waals surface area (Å²) in [6.07, 6.45) is 3.62. The van der Waals surface area contributed by atoms with Crippen molar-refractivity contribution in [2.24, 2.45) is 5.92 Å². The van der Waals surface area contributed by atoms with Crippen molar-refractivity contribution in [3.8, 4) is 0 Å². The van der Waals surface area contributed by atoms with E-state index in [2.05, 4.69) is 6.92 Å². The second-order valence-electron chi connectivity index (χ2n) is 5.65. The Morgan fingerprint density at radius 2 is 1.90 bits per heavy atom. The van der Waals surface area contributed by atoms with Gasteiger partial charge in [-0.2, -0.15) is 4.31 Å². The van der Waals surface area contributed by atoms with Gasteiger partial charge in [0.05, 0.1) is 10.9 Å². The fraction of sp³-hybridized carbons (Fsp3) is 0.438. The summed E-state index contributed by atoms with van der Waals surface area (Å²) in [5.74, 6) is 0.542. The van der Waals surface area contributed by atoms with E-state index in [1.807, 2.05) is 13.0 Å². The van der Waals surface area contributed by atoms with Gasteiger partial charge in [-0.1, -0.05) is 36.3 Å². The molecule has 0 heterocycles. The van der Waals surface area contributed by atoms with Crippen LogP contribution in [0, 0.1) is 12.8 Å². The van der Waals surface area contributed by atoms with E-state index >= 15 is 0 Å². The van der Waals surface area contributed by atoms with Gasteiger partial charge >= 0.3 is 0 Å². The van der Waals surface area contributed by atoms with Crippen LogP contribution in [-0.4, -0.2) is 31.6 Å². The molecule has 1 fully saturated rings. The predicted octanol–water partition coefficient (Wildman–Crippen LogP) is 2.54. The van der Waals surface area contributed by atoms with Gasteiger partial charge in [0, 0.05) is 6.54 Å². The third-order valence-corrected chi connectivity index (χ3v) is 5.79. The van der Waals surface area contributed by atoms with E-state index in [-0.39, 0.29) is 11.4 Å². The molecule has 1 aliphatic rings. The summed E-state index contributed by atoms with van der Waals surface area (Å²) < 4.78 is 26.6. The fourth-order valence-electron chi connectivity index (χ4n) is 2.18. The van der Waals surface area contributed by atoms with Crippen LogP contribution in [0.25, 0.3) is 0 Å². The van der Waals surface area contributed by atoms with E-state index in [0.29, 0.717) is 12.2 Å². The quantitative estimate of drug-likeness (QED) is 0.599. The zero-order chi connectivity index (χ0) is 15.6. The molecule has 1 aromatic rings. The highest BCUT2D eigenvalue weighted by atomic mass is 32.2. The lowest BCUT2D eigenvalue weighted by Gasteiger charge is -2.23. The first kappa shape index (κ1) is 15.9. The number of aldehydes is 1. The normalized spacial score (nSPS) is 21.5. The van der Waals surface area contributed by atoms with Crippen LogP contribution in [0.1, 0.15) is 25.8 Å². The molecule has 1 saturated carbocycles. The highest BCUT2D eigenvalue weighted by Gasteiger charge is 2.30. The van der Waals surface area contributed by atoms with Gasteiger partial charge in [0.2, 0.25) is 10.0 Å². The molecule has 0 saturated heterocycles. The van der Waals surface area contributed by atoms with Crippen LogP contribution in [0.2, 0.25) is 0 Å². The van der Waals surface area contributed by atoms with E-state index in [9.17, 15) is 13.2 Å². The molecule has 0 spiro atoms. The summed E-state index contributed by atoms with van der Waals surface area (Å²) >= 11 is 0. The Balaban J connectivity index is 2.29. The maximum Gasteiger partial charge on any atom is 0.243 e. The van der Waals surface area contributed by atoms with Gasteiger partial charge in [-0.3, -0.25) is 0 Å². The molecule has 0 amide bonds. The lowest BCUT2D eigenvalue weighted by molar-refractivity contribution is -0.110. The van der Waals surface area contributed by atoms with Crippen LogP contribution in [0.15, 0.2) is 40.8 Å². The van der Waals surface area contributed by atoms with Gasteiger partial charge in [0.25, 0.3) is 0 Å². The topological polar surface area (TPSA) is 54.5 Å². The van der Waals surface area contributed by atoms with Gasteiger partial charge < -0.3 is 4.79 Å². The molecule has 5 heteroatoms. The van der Waals surface area contributed by atoms with Gasteiger partial charge in [-0.05, 0) is 38.3 Å². The lowest BCUT2D eigenvalue weighted by Crippen LogP contribution is -2.39. The standard InChI is InChI=1S/C16H21NO3S/c1-12-4-6-16(7-5-12)21(19,20)17(14(3)11-18)9-8-15-10-13(15)2/h4-8,11,13-14H,9-10H2,1-3H3/b15-8-/t13-,14-/m0/s1. The number of rotatable bonds is 6. The third kappa shape index (κ3) is 3.60. The summed E-state index contributed by atoms with van der Waals surface area (Å²) in [7, 11) is -3.66. The van der Waals surface area contributed by atoms with Crippen molar-refractivity contribution in [3.05, 3.63) is 41.5 Å². The molecule has 0 bridgehead atoms. The summed E-state index contributed by atoms with van der Waals surface area (Å²) in [6.45, 7) is 5.86. The van der Waals surface area contributed by atoms with Crippen LogP contribution in [0.3, 0.4) is 0 Å². The number of sulfonamides is 1. The summed E-state index contributed by atoms with van der Waals surface area (Å²) in [5.41, 5.74) is 2.26. The molecule has 4 nitrogen and oxygen atoms in total. The zero-order valence-electron chi connectivity index (χ0n) is 12.6. The minimum absolute atomic E-state index is 0.226. The smallest absolute Gasteiger partial charge is 0.243 e. The van der Waals surface area contributed by atoms with Crippen molar-refractivity contribution in [2.75, 3.05) is 6.54 Å². The Kier molecular flexibility index (Phi) is 4.64. The number of aryl methyl sites for hydroxylation is 1. The Hall–Kier alpha value is -1.46. The molecule has 1 aromatic carbocycles. The van der Waals surface area contributed by atoms with E-state index < -0.39 is 16.1 Å². The Bertz CT molecular complexity index is 647. The average Bonchev–Trinajstić information content (AvgIpc) is 3.14. The second-order valence-corrected chi connectivity index (χ2v) is 7.54. The number of carbonyl (C=O) groups excluding carboxylic acids is 1. The van der Waals surface area contributed by atoms with Gasteiger partial charge in [-0.15, -0.1) is 0 Å². The lowest BCUT2D eigenvalue weighted by atomic mass is 10.2. The van der Waals surface area contributed by atoms with Crippen LogP contribution >= 0.6 is 0 Å². The van der Waals surface area contributed by atoms with Crippen molar-refractivity contribution in [2.45, 2.75) is 38.1 Å². The van der Waals surface area contributed by atoms with Crippen LogP contribution in [0.5, 0.6) is 0 Å². The monoisotopic (exact) mass is 307 g/mol. The molecule has 114 valence electrons. The molecule has 0 unspecified atom stereocenters. The molecule has 0 aromatic heterocycles. The molecule has 2 rings (SSSR count). The maximum atomic E-state index is 12.7. The fourth-order valence-corrected chi connectivity index (χ4v) is 3.69. The van der Waals surface area contributed by atoms with Crippen molar-refractivity contribution in [1.82, 2.24) is 4.31 Å². The summed E-state index contributed by atoms with van der Waals surface area (Å²) in [6, 6.07) is 6.02. The summed E-state index contributed by atoms with van der Waals surface area (Å²) in [4.78, 5) is 11.3. The highest BCUT2D eigenvalue weighted by molar-refractivity contribution is 7.89. The van der Waals surface area contributed by atoms with E-state index in [1.54, 1.807) is 31.2 Å². The molecular formula is C16H21NO3S. The minimum atomic E-state index is -3.66. The number of allylic oxidation sites excluding steroid dienone is 1. The van der Waals surface area contributed by atoms with Crippen molar-refractivity contribution in [3.63, 3.8) is 0 Å². The molecule has 0 N–H and O–H groups in total. The molecule has 0 radical (unpaired) electrons. The number of carbonyl (C=O) groups is 1. The second kappa shape index (κ2) is 6.12. The Labute approximate surface area is 126 Å². The van der Waals surface area contributed by atoms with Crippen LogP contribution in [0.4, 0.5) is 0 Å². The molecule has 1 aliphatic carbocycles. The van der Waals surface area contributed by atoms with Crippen LogP contribution in [-0.2, 0) is 14.8 Å². The first-order valence-electron chi connectivity index (χ1n) is 7.09.